The molecule has 0 aliphatic carbocycles. The molecule has 98 valence electrons. The molecule has 3 nitrogen and oxygen atoms in total. The Bertz CT molecular complexity index is 631. The van der Waals surface area contributed by atoms with Crippen molar-refractivity contribution in [2.45, 2.75) is 4.90 Å². The first-order valence-electron chi connectivity index (χ1n) is 5.40. The van der Waals surface area contributed by atoms with Crippen LogP contribution in [-0.4, -0.2) is 6.26 Å². The molecule has 0 saturated carbocycles. The van der Waals surface area contributed by atoms with Gasteiger partial charge >= 0.3 is 0 Å². The lowest BCUT2D eigenvalue weighted by Gasteiger charge is -2.07. The van der Waals surface area contributed by atoms with Crippen molar-refractivity contribution in [2.24, 2.45) is 16.2 Å². The third-order valence-corrected chi connectivity index (χ3v) is 3.63. The van der Waals surface area contributed by atoms with Crippen LogP contribution in [0.25, 0.3) is 11.1 Å². The number of hydrogen-bond donors (Lipinski definition) is 1. The third-order valence-electron chi connectivity index (χ3n) is 2.59. The highest BCUT2D eigenvalue weighted by molar-refractivity contribution is 7.98. The Hall–Kier alpha value is -1.59. The summed E-state index contributed by atoms with van der Waals surface area (Å²) in [5.41, 5.74) is 1.60. The van der Waals surface area contributed by atoms with Gasteiger partial charge in [-0.25, -0.2) is 4.39 Å². The molecule has 2 aromatic carbocycles. The smallest absolute Gasteiger partial charge is 0.132 e. The van der Waals surface area contributed by atoms with E-state index in [9.17, 15) is 4.39 Å². The van der Waals surface area contributed by atoms with Crippen molar-refractivity contribution in [1.29, 1.82) is 0 Å². The van der Waals surface area contributed by atoms with E-state index in [4.69, 9.17) is 17.4 Å². The Morgan fingerprint density at radius 2 is 1.89 bits per heavy atom. The van der Waals surface area contributed by atoms with Crippen molar-refractivity contribution in [3.63, 3.8) is 0 Å². The van der Waals surface area contributed by atoms with Gasteiger partial charge in [0.2, 0.25) is 0 Å². The minimum absolute atomic E-state index is 0.304. The van der Waals surface area contributed by atoms with E-state index in [0.29, 0.717) is 21.8 Å². The Balaban J connectivity index is 2.47. The molecule has 0 aliphatic heterocycles. The summed E-state index contributed by atoms with van der Waals surface area (Å²) < 4.78 is 14.0. The second-order valence-corrected chi connectivity index (χ2v) is 5.01. The number of nitrogens with zero attached hydrogens (tertiary/aromatic N) is 2. The van der Waals surface area contributed by atoms with Crippen molar-refractivity contribution < 1.29 is 4.39 Å². The predicted molar refractivity (Wildman–Crippen MR) is 77.3 cm³/mol. The minimum Gasteiger partial charge on any atom is -0.305 e. The number of benzene rings is 2. The Morgan fingerprint density at radius 3 is 2.47 bits per heavy atom. The number of nitrogens with two attached hydrogens (primary N) is 1. The van der Waals surface area contributed by atoms with E-state index in [-0.39, 0.29) is 5.82 Å². The molecular weight excluding hydrogens is 285 g/mol. The molecule has 0 spiro atoms. The van der Waals surface area contributed by atoms with Crippen LogP contribution < -0.4 is 5.84 Å². The van der Waals surface area contributed by atoms with E-state index in [1.165, 1.54) is 17.8 Å². The SMILES string of the molecule is CSc1ccc(-c2ccc(N=NN)cc2Cl)c(F)c1. The lowest BCUT2D eigenvalue weighted by atomic mass is 10.0. The van der Waals surface area contributed by atoms with Crippen molar-refractivity contribution in [3.8, 4) is 11.1 Å². The van der Waals surface area contributed by atoms with Gasteiger partial charge in [0.1, 0.15) is 5.82 Å². The summed E-state index contributed by atoms with van der Waals surface area (Å²) in [5, 5.41) is 7.26. The molecule has 0 radical (unpaired) electrons. The zero-order chi connectivity index (χ0) is 13.8. The standard InChI is InChI=1S/C13H11ClFN3S/c1-19-9-3-5-11(13(15)7-9)10-4-2-8(17-18-16)6-12(10)14/h2-7H,1H3,(H2,16,17). The maximum Gasteiger partial charge on any atom is 0.132 e. The maximum atomic E-state index is 14.0. The fraction of sp³-hybridized carbons (Fsp3) is 0.0769. The van der Waals surface area contributed by atoms with Crippen molar-refractivity contribution in [1.82, 2.24) is 0 Å². The van der Waals surface area contributed by atoms with E-state index < -0.39 is 0 Å². The summed E-state index contributed by atoms with van der Waals surface area (Å²) in [6.07, 6.45) is 1.90. The Morgan fingerprint density at radius 1 is 1.16 bits per heavy atom. The van der Waals surface area contributed by atoms with Crippen molar-refractivity contribution in [3.05, 3.63) is 47.2 Å². The maximum absolute atomic E-state index is 14.0. The van der Waals surface area contributed by atoms with Gasteiger partial charge < -0.3 is 5.84 Å². The molecule has 0 aromatic heterocycles. The van der Waals surface area contributed by atoms with E-state index in [2.05, 4.69) is 10.3 Å². The second kappa shape index (κ2) is 6.04. The Labute approximate surface area is 119 Å². The molecule has 2 aromatic rings. The van der Waals surface area contributed by atoms with Gasteiger partial charge in [0, 0.05) is 16.0 Å². The third kappa shape index (κ3) is 3.05. The molecule has 0 atom stereocenters. The zero-order valence-electron chi connectivity index (χ0n) is 10.1. The molecule has 0 fully saturated rings. The summed E-state index contributed by atoms with van der Waals surface area (Å²) in [7, 11) is 0. The molecular formula is C13H11ClFN3S. The van der Waals surface area contributed by atoms with Crippen molar-refractivity contribution >= 4 is 29.1 Å². The highest BCUT2D eigenvalue weighted by atomic mass is 35.5. The highest BCUT2D eigenvalue weighted by Gasteiger charge is 2.10. The predicted octanol–water partition coefficient (Wildman–Crippen LogP) is 4.83. The van der Waals surface area contributed by atoms with Gasteiger partial charge in [0.25, 0.3) is 0 Å². The quantitative estimate of drug-likeness (QED) is 0.382. The summed E-state index contributed by atoms with van der Waals surface area (Å²) in [5.74, 6) is 4.67. The first-order chi connectivity index (χ1) is 9.15. The average Bonchev–Trinajstić information content (AvgIpc) is 2.40. The lowest BCUT2D eigenvalue weighted by molar-refractivity contribution is 0.628. The summed E-state index contributed by atoms with van der Waals surface area (Å²) in [6.45, 7) is 0. The Kier molecular flexibility index (Phi) is 4.39. The van der Waals surface area contributed by atoms with Crippen LogP contribution in [0.3, 0.4) is 0 Å². The molecule has 2 N–H and O–H groups in total. The highest BCUT2D eigenvalue weighted by Crippen LogP contribution is 2.34. The average molecular weight is 296 g/mol. The van der Waals surface area contributed by atoms with Crippen molar-refractivity contribution in [2.75, 3.05) is 6.26 Å². The van der Waals surface area contributed by atoms with Gasteiger partial charge in [-0.15, -0.1) is 16.9 Å². The van der Waals surface area contributed by atoms with Crippen LogP contribution in [0.2, 0.25) is 5.02 Å². The normalized spacial score (nSPS) is 11.1. The molecule has 0 saturated heterocycles. The first kappa shape index (κ1) is 13.8. The molecule has 0 heterocycles. The summed E-state index contributed by atoms with van der Waals surface area (Å²) in [6, 6.07) is 10.0. The van der Waals surface area contributed by atoms with Gasteiger partial charge in [-0.3, -0.25) is 0 Å². The first-order valence-corrected chi connectivity index (χ1v) is 7.00. The van der Waals surface area contributed by atoms with E-state index in [0.717, 1.165) is 4.90 Å². The molecule has 0 bridgehead atoms. The largest absolute Gasteiger partial charge is 0.305 e. The van der Waals surface area contributed by atoms with Crippen LogP contribution in [0.1, 0.15) is 0 Å². The van der Waals surface area contributed by atoms with Gasteiger partial charge in [-0.1, -0.05) is 29.0 Å². The molecule has 6 heteroatoms. The van der Waals surface area contributed by atoms with Crippen LogP contribution in [0.5, 0.6) is 0 Å². The van der Waals surface area contributed by atoms with Gasteiger partial charge in [-0.05, 0) is 30.5 Å². The summed E-state index contributed by atoms with van der Waals surface area (Å²) in [4.78, 5) is 0.867. The van der Waals surface area contributed by atoms with E-state index >= 15 is 0 Å². The van der Waals surface area contributed by atoms with Crippen LogP contribution in [-0.2, 0) is 0 Å². The van der Waals surface area contributed by atoms with Crippen LogP contribution in [0, 0.1) is 5.82 Å². The van der Waals surface area contributed by atoms with E-state index in [1.807, 2.05) is 12.3 Å². The topological polar surface area (TPSA) is 50.7 Å². The van der Waals surface area contributed by atoms with Crippen LogP contribution >= 0.6 is 23.4 Å². The van der Waals surface area contributed by atoms with Gasteiger partial charge in [0.05, 0.1) is 10.7 Å². The van der Waals surface area contributed by atoms with Crippen LogP contribution in [0.4, 0.5) is 10.1 Å². The molecule has 19 heavy (non-hydrogen) atoms. The number of rotatable bonds is 3. The molecule has 2 rings (SSSR count). The fourth-order valence-electron chi connectivity index (χ4n) is 1.69. The lowest BCUT2D eigenvalue weighted by Crippen LogP contribution is -1.86. The molecule has 0 amide bonds. The second-order valence-electron chi connectivity index (χ2n) is 3.73. The van der Waals surface area contributed by atoms with Gasteiger partial charge in [0.15, 0.2) is 0 Å². The van der Waals surface area contributed by atoms with Gasteiger partial charge in [-0.2, -0.15) is 0 Å². The summed E-state index contributed by atoms with van der Waals surface area (Å²) >= 11 is 7.62. The molecule has 0 unspecified atom stereocenters. The minimum atomic E-state index is -0.304. The number of thioether (sulfide) groups is 1. The zero-order valence-corrected chi connectivity index (χ0v) is 11.7. The monoisotopic (exact) mass is 295 g/mol. The van der Waals surface area contributed by atoms with E-state index in [1.54, 1.807) is 24.3 Å². The van der Waals surface area contributed by atoms with Crippen LogP contribution in [0.15, 0.2) is 51.6 Å². The fourth-order valence-corrected chi connectivity index (χ4v) is 2.39. The number of halogens is 2. The number of hydrogen-bond acceptors (Lipinski definition) is 3. The molecule has 0 aliphatic rings.